The Balaban J connectivity index is 4.14. The lowest BCUT2D eigenvalue weighted by Crippen LogP contribution is -2.08. The van der Waals surface area contributed by atoms with Gasteiger partial charge in [0.15, 0.2) is 0 Å². The zero-order valence-electron chi connectivity index (χ0n) is 34.3. The molecule has 0 aromatic carbocycles. The van der Waals surface area contributed by atoms with Gasteiger partial charge in [0.2, 0.25) is 0 Å². The van der Waals surface area contributed by atoms with E-state index in [2.05, 4.69) is 85.2 Å². The molecule has 0 heterocycles. The molecule has 0 saturated carbocycles. The number of alkyl halides is 1. The van der Waals surface area contributed by atoms with Gasteiger partial charge in [-0.05, 0) is 66.6 Å². The molecule has 0 fully saturated rings. The van der Waals surface area contributed by atoms with E-state index in [4.69, 9.17) is 9.05 Å². The van der Waals surface area contributed by atoms with Crippen LogP contribution < -0.4 is 0 Å². The first kappa shape index (κ1) is 48.6. The average molecular weight is 764 g/mol. The third-order valence-electron chi connectivity index (χ3n) is 10.9. The summed E-state index contributed by atoms with van der Waals surface area (Å²) in [5.74, 6) is 6.29. The van der Waals surface area contributed by atoms with Crippen LogP contribution in [0.15, 0.2) is 0 Å². The number of halogens is 1. The van der Waals surface area contributed by atoms with Crippen LogP contribution in [-0.2, 0) is 13.6 Å². The zero-order valence-corrected chi connectivity index (χ0v) is 36.8. The molecule has 0 aromatic rings. The highest BCUT2D eigenvalue weighted by atomic mass is 79.9. The number of hydrogen-bond acceptors (Lipinski definition) is 3. The molecule has 0 rings (SSSR count). The van der Waals surface area contributed by atoms with Crippen LogP contribution in [0.3, 0.4) is 0 Å². The smallest absolute Gasteiger partial charge is 0.309 e. The molecule has 6 unspecified atom stereocenters. The number of rotatable bonds is 35. The van der Waals surface area contributed by atoms with E-state index in [1.54, 1.807) is 0 Å². The van der Waals surface area contributed by atoms with Crippen LogP contribution in [0.25, 0.3) is 0 Å². The zero-order chi connectivity index (χ0) is 36.2. The maximum Gasteiger partial charge on any atom is 0.330 e. The molecule has 0 N–H and O–H groups in total. The van der Waals surface area contributed by atoms with E-state index in [1.165, 1.54) is 116 Å². The summed E-state index contributed by atoms with van der Waals surface area (Å²) in [6.45, 7) is 24.9. The first-order valence-corrected chi connectivity index (χ1v) is 24.0. The molecule has 290 valence electrons. The Morgan fingerprint density at radius 1 is 0.396 bits per heavy atom. The quantitative estimate of drug-likeness (QED) is 0.0476. The minimum absolute atomic E-state index is 0.517. The standard InChI is InChI=1S/C43H88BrO3P/c1-36(2)18-11-20-38(5)22-13-24-40(7)26-15-28-42(9)30-33-46-48(45,35-17-32-44)47-34-31-43(10)29-16-27-41(8)25-14-23-39(6)21-12-19-37(3)4/h36-43H,11-35H2,1-10H3. The minimum atomic E-state index is -3.03. The molecule has 0 spiro atoms. The highest BCUT2D eigenvalue weighted by Crippen LogP contribution is 2.49. The maximum absolute atomic E-state index is 13.5. The molecule has 5 heteroatoms. The second kappa shape index (κ2) is 31.2. The third kappa shape index (κ3) is 31.4. The summed E-state index contributed by atoms with van der Waals surface area (Å²) in [6.07, 6.45) is 27.6. The lowest BCUT2D eigenvalue weighted by atomic mass is 9.91. The Hall–Kier alpha value is 0.630. The predicted octanol–water partition coefficient (Wildman–Crippen LogP) is 15.9. The SMILES string of the molecule is CC(C)CCCC(C)CCCC(C)CCCC(C)CCOP(=O)(CCCBr)OCCC(C)CCCC(C)CCCC(C)CCCC(C)C. The molecular weight excluding hydrogens is 675 g/mol. The van der Waals surface area contributed by atoms with E-state index in [0.717, 1.165) is 60.1 Å². The van der Waals surface area contributed by atoms with E-state index in [1.807, 2.05) is 0 Å². The van der Waals surface area contributed by atoms with Gasteiger partial charge >= 0.3 is 7.60 Å². The molecule has 6 atom stereocenters. The summed E-state index contributed by atoms with van der Waals surface area (Å²) in [7, 11) is -3.03. The van der Waals surface area contributed by atoms with Crippen LogP contribution in [0.5, 0.6) is 0 Å². The minimum Gasteiger partial charge on any atom is -0.309 e. The van der Waals surface area contributed by atoms with E-state index in [-0.39, 0.29) is 0 Å². The van der Waals surface area contributed by atoms with Crippen molar-refractivity contribution in [2.24, 2.45) is 47.3 Å². The average Bonchev–Trinajstić information content (AvgIpc) is 2.99. The van der Waals surface area contributed by atoms with Crippen LogP contribution in [0, 0.1) is 47.3 Å². The first-order valence-electron chi connectivity index (χ1n) is 21.2. The van der Waals surface area contributed by atoms with Gasteiger partial charge in [0.25, 0.3) is 0 Å². The van der Waals surface area contributed by atoms with E-state index in [0.29, 0.717) is 31.2 Å². The van der Waals surface area contributed by atoms with Gasteiger partial charge in [-0.15, -0.1) is 0 Å². The Labute approximate surface area is 312 Å². The summed E-state index contributed by atoms with van der Waals surface area (Å²) >= 11 is 3.51. The lowest BCUT2D eigenvalue weighted by Gasteiger charge is -2.21. The van der Waals surface area contributed by atoms with Crippen molar-refractivity contribution in [3.8, 4) is 0 Å². The van der Waals surface area contributed by atoms with Crippen molar-refractivity contribution in [1.82, 2.24) is 0 Å². The summed E-state index contributed by atoms with van der Waals surface area (Å²) in [6, 6.07) is 0. The van der Waals surface area contributed by atoms with Gasteiger partial charge in [0.1, 0.15) is 0 Å². The number of hydrogen-bond donors (Lipinski definition) is 0. The van der Waals surface area contributed by atoms with Crippen molar-refractivity contribution >= 4 is 23.5 Å². The molecule has 0 aliphatic rings. The van der Waals surface area contributed by atoms with Crippen molar-refractivity contribution in [2.75, 3.05) is 24.7 Å². The van der Waals surface area contributed by atoms with Crippen molar-refractivity contribution in [3.63, 3.8) is 0 Å². The van der Waals surface area contributed by atoms with Crippen LogP contribution in [0.4, 0.5) is 0 Å². The van der Waals surface area contributed by atoms with Crippen LogP contribution in [-0.4, -0.2) is 24.7 Å². The van der Waals surface area contributed by atoms with Gasteiger partial charge in [0, 0.05) is 5.33 Å². The van der Waals surface area contributed by atoms with E-state index in [9.17, 15) is 4.57 Å². The highest BCUT2D eigenvalue weighted by Gasteiger charge is 2.24. The first-order chi connectivity index (χ1) is 22.8. The highest BCUT2D eigenvalue weighted by molar-refractivity contribution is 9.09. The monoisotopic (exact) mass is 763 g/mol. The van der Waals surface area contributed by atoms with Gasteiger partial charge in [-0.2, -0.15) is 0 Å². The Kier molecular flexibility index (Phi) is 31.6. The normalized spacial score (nSPS) is 17.4. The second-order valence-electron chi connectivity index (χ2n) is 17.6. The van der Waals surface area contributed by atoms with Crippen molar-refractivity contribution in [2.45, 2.75) is 204 Å². The molecule has 0 bridgehead atoms. The predicted molar refractivity (Wildman–Crippen MR) is 220 cm³/mol. The largest absolute Gasteiger partial charge is 0.330 e. The fourth-order valence-electron chi connectivity index (χ4n) is 7.08. The molecule has 0 saturated heterocycles. The summed E-state index contributed by atoms with van der Waals surface area (Å²) < 4.78 is 25.6. The fraction of sp³-hybridized carbons (Fsp3) is 1.00. The van der Waals surface area contributed by atoms with E-state index >= 15 is 0 Å². The molecule has 48 heavy (non-hydrogen) atoms. The Bertz CT molecular complexity index is 690. The lowest BCUT2D eigenvalue weighted by molar-refractivity contribution is 0.183. The van der Waals surface area contributed by atoms with Crippen molar-refractivity contribution in [3.05, 3.63) is 0 Å². The summed E-state index contributed by atoms with van der Waals surface area (Å²) in [5.41, 5.74) is 0. The molecule has 0 aliphatic carbocycles. The Morgan fingerprint density at radius 3 is 0.896 bits per heavy atom. The van der Waals surface area contributed by atoms with Gasteiger partial charge in [-0.25, -0.2) is 0 Å². The molecular formula is C43H88BrO3P. The molecule has 0 aromatic heterocycles. The molecule has 0 radical (unpaired) electrons. The van der Waals surface area contributed by atoms with E-state index < -0.39 is 7.60 Å². The van der Waals surface area contributed by atoms with Gasteiger partial charge in [-0.3, -0.25) is 4.57 Å². The van der Waals surface area contributed by atoms with Gasteiger partial charge in [-0.1, -0.05) is 201 Å². The van der Waals surface area contributed by atoms with Crippen LogP contribution in [0.2, 0.25) is 0 Å². The maximum atomic E-state index is 13.5. The molecule has 3 nitrogen and oxygen atoms in total. The van der Waals surface area contributed by atoms with Gasteiger partial charge in [0.05, 0.1) is 19.4 Å². The fourth-order valence-corrected chi connectivity index (χ4v) is 9.44. The van der Waals surface area contributed by atoms with Crippen molar-refractivity contribution < 1.29 is 13.6 Å². The third-order valence-corrected chi connectivity index (χ3v) is 13.5. The second-order valence-corrected chi connectivity index (χ2v) is 20.6. The topological polar surface area (TPSA) is 35.5 Å². The summed E-state index contributed by atoms with van der Waals surface area (Å²) in [5, 5.41) is 0.834. The van der Waals surface area contributed by atoms with Crippen LogP contribution in [0.1, 0.15) is 204 Å². The Morgan fingerprint density at radius 2 is 0.646 bits per heavy atom. The van der Waals surface area contributed by atoms with Crippen LogP contribution >= 0.6 is 23.5 Å². The van der Waals surface area contributed by atoms with Gasteiger partial charge < -0.3 is 9.05 Å². The molecule has 0 amide bonds. The summed E-state index contributed by atoms with van der Waals surface area (Å²) in [4.78, 5) is 0. The van der Waals surface area contributed by atoms with Crippen molar-refractivity contribution in [1.29, 1.82) is 0 Å². The molecule has 0 aliphatic heterocycles.